The van der Waals surface area contributed by atoms with E-state index in [1.807, 2.05) is 34.1 Å². The summed E-state index contributed by atoms with van der Waals surface area (Å²) in [6.45, 7) is 1.44. The fourth-order valence-electron chi connectivity index (χ4n) is 5.99. The largest absolute Gasteiger partial charge is 0.456 e. The van der Waals surface area contributed by atoms with Crippen LogP contribution in [-0.4, -0.2) is 24.9 Å². The standard InChI is InChI=1S/C34H30N2O3/c37-33-9-3-5-17-35(33)27-19-26(20-28(22-27)36-18-6-4-10-34(36)38)24-13-11-23(12-14-24)25-15-16-30-29-7-1-2-8-31(29)39-32(30)21-25/h1-2,7-8,11-16,19-22H,3-6,9-10,17-18H2. The SMILES string of the molecule is O=C1CCCCN1c1cc(-c2ccc(-c3ccc4c(c3)oc3ccccc34)cc2)cc(N2CCCCC2=O)c1. The molecule has 0 aliphatic carbocycles. The van der Waals surface area contributed by atoms with Crippen molar-refractivity contribution in [2.24, 2.45) is 0 Å². The zero-order valence-corrected chi connectivity index (χ0v) is 21.9. The van der Waals surface area contributed by atoms with E-state index in [4.69, 9.17) is 4.42 Å². The molecule has 0 spiro atoms. The van der Waals surface area contributed by atoms with Crippen LogP contribution in [0.4, 0.5) is 11.4 Å². The van der Waals surface area contributed by atoms with E-state index in [-0.39, 0.29) is 11.8 Å². The van der Waals surface area contributed by atoms with Crippen LogP contribution in [-0.2, 0) is 9.59 Å². The van der Waals surface area contributed by atoms with Crippen molar-refractivity contribution in [2.45, 2.75) is 38.5 Å². The Morgan fingerprint density at radius 2 is 1.08 bits per heavy atom. The first kappa shape index (κ1) is 23.7. The van der Waals surface area contributed by atoms with Gasteiger partial charge in [0, 0.05) is 48.1 Å². The minimum Gasteiger partial charge on any atom is -0.456 e. The lowest BCUT2D eigenvalue weighted by Crippen LogP contribution is -2.37. The van der Waals surface area contributed by atoms with E-state index in [0.29, 0.717) is 12.8 Å². The van der Waals surface area contributed by atoms with Gasteiger partial charge in [0.1, 0.15) is 11.2 Å². The van der Waals surface area contributed by atoms with Crippen molar-refractivity contribution < 1.29 is 14.0 Å². The molecule has 5 heteroatoms. The van der Waals surface area contributed by atoms with E-state index in [1.165, 1.54) is 0 Å². The summed E-state index contributed by atoms with van der Waals surface area (Å²) in [5.41, 5.74) is 7.81. The molecule has 2 fully saturated rings. The summed E-state index contributed by atoms with van der Waals surface area (Å²) >= 11 is 0. The highest BCUT2D eigenvalue weighted by Gasteiger charge is 2.24. The zero-order chi connectivity index (χ0) is 26.3. The molecule has 0 atom stereocenters. The molecular weight excluding hydrogens is 484 g/mol. The van der Waals surface area contributed by atoms with E-state index in [0.717, 1.165) is 94.3 Å². The number of carbonyl (C=O) groups excluding carboxylic acids is 2. The summed E-state index contributed by atoms with van der Waals surface area (Å²) < 4.78 is 6.10. The number of furan rings is 1. The van der Waals surface area contributed by atoms with Crippen LogP contribution in [0, 0.1) is 0 Å². The molecule has 7 rings (SSSR count). The van der Waals surface area contributed by atoms with Gasteiger partial charge in [0.2, 0.25) is 11.8 Å². The number of nitrogens with zero attached hydrogens (tertiary/aromatic N) is 2. The van der Waals surface area contributed by atoms with Crippen molar-refractivity contribution in [1.29, 1.82) is 0 Å². The third-order valence-electron chi connectivity index (χ3n) is 8.10. The predicted octanol–water partition coefficient (Wildman–Crippen LogP) is 7.95. The van der Waals surface area contributed by atoms with Gasteiger partial charge in [0.25, 0.3) is 0 Å². The molecule has 0 unspecified atom stereocenters. The molecule has 2 amide bonds. The number of para-hydroxylation sites is 1. The summed E-state index contributed by atoms with van der Waals surface area (Å²) in [7, 11) is 0. The van der Waals surface area contributed by atoms with Crippen LogP contribution < -0.4 is 9.80 Å². The molecule has 0 N–H and O–H groups in total. The lowest BCUT2D eigenvalue weighted by atomic mass is 9.98. The minimum absolute atomic E-state index is 0.158. The van der Waals surface area contributed by atoms with E-state index in [9.17, 15) is 9.59 Å². The highest BCUT2D eigenvalue weighted by Crippen LogP contribution is 2.36. The second kappa shape index (κ2) is 9.73. The fraction of sp³-hybridized carbons (Fsp3) is 0.235. The lowest BCUT2D eigenvalue weighted by Gasteiger charge is -2.31. The van der Waals surface area contributed by atoms with Crippen LogP contribution in [0.1, 0.15) is 38.5 Å². The number of hydrogen-bond acceptors (Lipinski definition) is 3. The van der Waals surface area contributed by atoms with Crippen LogP contribution in [0.15, 0.2) is 89.3 Å². The fourth-order valence-corrected chi connectivity index (χ4v) is 5.99. The highest BCUT2D eigenvalue weighted by atomic mass is 16.3. The van der Waals surface area contributed by atoms with Gasteiger partial charge in [-0.05, 0) is 84.3 Å². The quantitative estimate of drug-likeness (QED) is 0.244. The van der Waals surface area contributed by atoms with Gasteiger partial charge in [0.15, 0.2) is 0 Å². The number of rotatable bonds is 4. The minimum atomic E-state index is 0.158. The maximum absolute atomic E-state index is 12.8. The lowest BCUT2D eigenvalue weighted by molar-refractivity contribution is -0.120. The first-order chi connectivity index (χ1) is 19.1. The second-order valence-electron chi connectivity index (χ2n) is 10.6. The van der Waals surface area contributed by atoms with Crippen LogP contribution in [0.25, 0.3) is 44.2 Å². The van der Waals surface area contributed by atoms with Gasteiger partial charge in [-0.3, -0.25) is 9.59 Å². The molecule has 39 heavy (non-hydrogen) atoms. The average Bonchev–Trinajstić information content (AvgIpc) is 3.35. The van der Waals surface area contributed by atoms with Crippen LogP contribution in [0.5, 0.6) is 0 Å². The maximum atomic E-state index is 12.8. The molecule has 1 aromatic heterocycles. The monoisotopic (exact) mass is 514 g/mol. The van der Waals surface area contributed by atoms with Gasteiger partial charge in [-0.25, -0.2) is 0 Å². The van der Waals surface area contributed by atoms with Gasteiger partial charge in [-0.2, -0.15) is 0 Å². The first-order valence-electron chi connectivity index (χ1n) is 13.9. The first-order valence-corrected chi connectivity index (χ1v) is 13.9. The molecule has 0 saturated carbocycles. The van der Waals surface area contributed by atoms with Crippen molar-refractivity contribution >= 4 is 45.1 Å². The molecule has 0 radical (unpaired) electrons. The summed E-state index contributed by atoms with van der Waals surface area (Å²) in [5, 5.41) is 2.25. The Morgan fingerprint density at radius 1 is 0.513 bits per heavy atom. The number of fused-ring (bicyclic) bond motifs is 3. The third kappa shape index (κ3) is 4.38. The third-order valence-corrected chi connectivity index (χ3v) is 8.10. The Labute approximate surface area is 227 Å². The summed E-state index contributed by atoms with van der Waals surface area (Å²) in [6, 6.07) is 29.2. The van der Waals surface area contributed by atoms with E-state index >= 15 is 0 Å². The predicted molar refractivity (Wildman–Crippen MR) is 157 cm³/mol. The molecule has 2 aliphatic rings. The van der Waals surface area contributed by atoms with Crippen LogP contribution in [0.3, 0.4) is 0 Å². The van der Waals surface area contributed by atoms with Crippen LogP contribution >= 0.6 is 0 Å². The number of benzene rings is 4. The van der Waals surface area contributed by atoms with Gasteiger partial charge < -0.3 is 14.2 Å². The van der Waals surface area contributed by atoms with Gasteiger partial charge in [-0.1, -0.05) is 48.5 Å². The van der Waals surface area contributed by atoms with Crippen LogP contribution in [0.2, 0.25) is 0 Å². The molecular formula is C34H30N2O3. The Kier molecular flexibility index (Phi) is 5.92. The number of carbonyl (C=O) groups is 2. The van der Waals surface area contributed by atoms with Gasteiger partial charge >= 0.3 is 0 Å². The van der Waals surface area contributed by atoms with Gasteiger partial charge in [-0.15, -0.1) is 0 Å². The van der Waals surface area contributed by atoms with Crippen molar-refractivity contribution in [2.75, 3.05) is 22.9 Å². The van der Waals surface area contributed by atoms with E-state index in [1.54, 1.807) is 0 Å². The Balaban J connectivity index is 1.25. The summed E-state index contributed by atoms with van der Waals surface area (Å²) in [6.07, 6.45) is 5.02. The molecule has 0 bridgehead atoms. The van der Waals surface area contributed by atoms with Gasteiger partial charge in [0.05, 0.1) is 0 Å². The Bertz CT molecular complexity index is 1670. The summed E-state index contributed by atoms with van der Waals surface area (Å²) in [5.74, 6) is 0.316. The molecule has 5 nitrogen and oxygen atoms in total. The Hall–Kier alpha value is -4.38. The molecule has 2 saturated heterocycles. The smallest absolute Gasteiger partial charge is 0.226 e. The number of piperidine rings is 2. The van der Waals surface area contributed by atoms with Crippen molar-refractivity contribution in [1.82, 2.24) is 0 Å². The van der Waals surface area contributed by atoms with Crippen molar-refractivity contribution in [3.05, 3.63) is 84.9 Å². The van der Waals surface area contributed by atoms with Crippen molar-refractivity contribution in [3.8, 4) is 22.3 Å². The highest BCUT2D eigenvalue weighted by molar-refractivity contribution is 6.06. The second-order valence-corrected chi connectivity index (χ2v) is 10.6. The molecule has 4 aromatic carbocycles. The normalized spacial score (nSPS) is 16.4. The average molecular weight is 515 g/mol. The molecule has 194 valence electrons. The summed E-state index contributed by atoms with van der Waals surface area (Å²) in [4.78, 5) is 29.3. The van der Waals surface area contributed by atoms with E-state index in [2.05, 4.69) is 60.7 Å². The van der Waals surface area contributed by atoms with E-state index < -0.39 is 0 Å². The van der Waals surface area contributed by atoms with Crippen molar-refractivity contribution in [3.63, 3.8) is 0 Å². The Morgan fingerprint density at radius 3 is 1.72 bits per heavy atom. The topological polar surface area (TPSA) is 53.8 Å². The number of amides is 2. The zero-order valence-electron chi connectivity index (χ0n) is 21.9. The molecule has 3 heterocycles. The molecule has 2 aliphatic heterocycles. The molecule has 5 aromatic rings. The number of anilines is 2. The maximum Gasteiger partial charge on any atom is 0.226 e. The number of hydrogen-bond donors (Lipinski definition) is 0.